The predicted octanol–water partition coefficient (Wildman–Crippen LogP) is 1.15. The molecule has 0 aliphatic carbocycles. The highest BCUT2D eigenvalue weighted by atomic mass is 79.9. The summed E-state index contributed by atoms with van der Waals surface area (Å²) in [6.45, 7) is 6.39. The van der Waals surface area contributed by atoms with Crippen molar-refractivity contribution in [1.29, 1.82) is 0 Å². The first-order chi connectivity index (χ1) is 6.90. The Kier molecular flexibility index (Phi) is 3.62. The highest BCUT2D eigenvalue weighted by molar-refractivity contribution is 9.10. The summed E-state index contributed by atoms with van der Waals surface area (Å²) < 4.78 is 1.96. The topological polar surface area (TPSA) is 59.8 Å². The third kappa shape index (κ3) is 2.43. The molecule has 1 N–H and O–H groups in total. The third-order valence-corrected chi connectivity index (χ3v) is 2.72. The Morgan fingerprint density at radius 1 is 1.60 bits per heavy atom. The molecule has 15 heavy (non-hydrogen) atoms. The number of ketones is 1. The minimum absolute atomic E-state index is 0.0243. The molecule has 84 valence electrons. The number of Topliss-reactive ketones (excluding diaryl/α,β-unsaturated/α-hetero) is 1. The van der Waals surface area contributed by atoms with Crippen LogP contribution in [-0.2, 0) is 7.05 Å². The van der Waals surface area contributed by atoms with Crippen molar-refractivity contribution >= 4 is 21.7 Å². The third-order valence-electron chi connectivity index (χ3n) is 2.19. The molecule has 0 atom stereocenters. The number of carbonyl (C=O) groups excluding carboxylic acids is 1. The normalized spacial score (nSPS) is 11.8. The van der Waals surface area contributed by atoms with Crippen LogP contribution in [0.2, 0.25) is 0 Å². The van der Waals surface area contributed by atoms with Crippen molar-refractivity contribution in [3.63, 3.8) is 0 Å². The first-order valence-electron chi connectivity index (χ1n) is 4.75. The SMILES string of the molecule is CCNC(C)(C)C(=O)c1c(Br)nnn1C. The lowest BCUT2D eigenvalue weighted by atomic mass is 9.97. The van der Waals surface area contributed by atoms with E-state index in [0.717, 1.165) is 6.54 Å². The van der Waals surface area contributed by atoms with E-state index in [4.69, 9.17) is 0 Å². The molecule has 1 aromatic rings. The van der Waals surface area contributed by atoms with Crippen molar-refractivity contribution in [2.75, 3.05) is 6.54 Å². The molecule has 0 fully saturated rings. The number of nitrogens with zero attached hydrogens (tertiary/aromatic N) is 3. The van der Waals surface area contributed by atoms with Gasteiger partial charge in [0.15, 0.2) is 4.60 Å². The maximum absolute atomic E-state index is 12.2. The molecule has 5 nitrogen and oxygen atoms in total. The molecule has 0 aliphatic heterocycles. The van der Waals surface area contributed by atoms with E-state index in [2.05, 4.69) is 31.6 Å². The highest BCUT2D eigenvalue weighted by Crippen LogP contribution is 2.18. The van der Waals surface area contributed by atoms with Crippen molar-refractivity contribution in [3.05, 3.63) is 10.3 Å². The van der Waals surface area contributed by atoms with Crippen LogP contribution in [0.1, 0.15) is 31.3 Å². The minimum atomic E-state index is -0.604. The molecule has 0 unspecified atom stereocenters. The van der Waals surface area contributed by atoms with Gasteiger partial charge >= 0.3 is 0 Å². The van der Waals surface area contributed by atoms with Gasteiger partial charge in [-0.3, -0.25) is 4.79 Å². The van der Waals surface area contributed by atoms with Crippen LogP contribution in [-0.4, -0.2) is 32.9 Å². The Morgan fingerprint density at radius 3 is 2.60 bits per heavy atom. The lowest BCUT2D eigenvalue weighted by Gasteiger charge is -2.23. The number of rotatable bonds is 4. The fraction of sp³-hybridized carbons (Fsp3) is 0.667. The van der Waals surface area contributed by atoms with E-state index < -0.39 is 5.54 Å². The van der Waals surface area contributed by atoms with Gasteiger partial charge in [0.1, 0.15) is 5.69 Å². The Morgan fingerprint density at radius 2 is 2.20 bits per heavy atom. The summed E-state index contributed by atoms with van der Waals surface area (Å²) in [4.78, 5) is 12.2. The van der Waals surface area contributed by atoms with Crippen LogP contribution in [0.25, 0.3) is 0 Å². The zero-order chi connectivity index (χ0) is 11.6. The largest absolute Gasteiger partial charge is 0.305 e. The van der Waals surface area contributed by atoms with Crippen LogP contribution in [0.3, 0.4) is 0 Å². The van der Waals surface area contributed by atoms with Crippen molar-refractivity contribution in [2.24, 2.45) is 7.05 Å². The predicted molar refractivity (Wildman–Crippen MR) is 60.8 cm³/mol. The molecular weight excluding hydrogens is 260 g/mol. The number of hydrogen-bond donors (Lipinski definition) is 1. The number of aromatic nitrogens is 3. The quantitative estimate of drug-likeness (QED) is 0.837. The van der Waals surface area contributed by atoms with E-state index >= 15 is 0 Å². The molecule has 0 radical (unpaired) electrons. The Bertz CT molecular complexity index is 353. The summed E-state index contributed by atoms with van der Waals surface area (Å²) in [6.07, 6.45) is 0. The Labute approximate surface area is 97.4 Å². The van der Waals surface area contributed by atoms with Crippen molar-refractivity contribution in [1.82, 2.24) is 20.3 Å². The van der Waals surface area contributed by atoms with Crippen LogP contribution in [0, 0.1) is 0 Å². The zero-order valence-corrected chi connectivity index (χ0v) is 10.9. The van der Waals surface area contributed by atoms with Crippen molar-refractivity contribution in [3.8, 4) is 0 Å². The van der Waals surface area contributed by atoms with E-state index in [1.54, 1.807) is 7.05 Å². The molecule has 0 amide bonds. The smallest absolute Gasteiger partial charge is 0.203 e. The highest BCUT2D eigenvalue weighted by Gasteiger charge is 2.31. The molecule has 1 heterocycles. The van der Waals surface area contributed by atoms with Crippen molar-refractivity contribution < 1.29 is 4.79 Å². The zero-order valence-electron chi connectivity index (χ0n) is 9.33. The van der Waals surface area contributed by atoms with Gasteiger partial charge in [-0.2, -0.15) is 0 Å². The second kappa shape index (κ2) is 4.40. The van der Waals surface area contributed by atoms with Gasteiger partial charge in [0.25, 0.3) is 0 Å². The Balaban J connectivity index is 3.04. The summed E-state index contributed by atoms with van der Waals surface area (Å²) in [5, 5.41) is 10.7. The number of carbonyl (C=O) groups is 1. The molecule has 0 spiro atoms. The van der Waals surface area contributed by atoms with Gasteiger partial charge in [-0.05, 0) is 36.3 Å². The number of nitrogens with one attached hydrogen (secondary N) is 1. The van der Waals surface area contributed by atoms with Crippen LogP contribution < -0.4 is 5.32 Å². The summed E-state index contributed by atoms with van der Waals surface area (Å²) in [5.41, 5.74) is -0.117. The van der Waals surface area contributed by atoms with E-state index in [9.17, 15) is 4.79 Å². The van der Waals surface area contributed by atoms with Crippen molar-refractivity contribution in [2.45, 2.75) is 26.3 Å². The van der Waals surface area contributed by atoms with E-state index in [1.807, 2.05) is 20.8 Å². The van der Waals surface area contributed by atoms with Crippen LogP contribution in [0.15, 0.2) is 4.60 Å². The molecule has 0 saturated heterocycles. The molecule has 6 heteroatoms. The summed E-state index contributed by atoms with van der Waals surface area (Å²) in [6, 6.07) is 0. The molecule has 0 aromatic carbocycles. The second-order valence-corrected chi connectivity index (χ2v) is 4.59. The molecular formula is C9H15BrN4O. The van der Waals surface area contributed by atoms with Gasteiger partial charge in [0.2, 0.25) is 5.78 Å². The molecule has 1 rings (SSSR count). The standard InChI is InChI=1S/C9H15BrN4O/c1-5-11-9(2,3)7(15)6-8(10)12-13-14(6)4/h11H,5H2,1-4H3. The molecule has 0 aliphatic rings. The van der Waals surface area contributed by atoms with E-state index in [1.165, 1.54) is 4.68 Å². The van der Waals surface area contributed by atoms with Crippen LogP contribution in [0.4, 0.5) is 0 Å². The summed E-state index contributed by atoms with van der Waals surface area (Å²) in [5.74, 6) is -0.0243. The molecule has 0 saturated carbocycles. The monoisotopic (exact) mass is 274 g/mol. The van der Waals surface area contributed by atoms with Crippen LogP contribution >= 0.6 is 15.9 Å². The first-order valence-corrected chi connectivity index (χ1v) is 5.54. The van der Waals surface area contributed by atoms with Crippen LogP contribution in [0.5, 0.6) is 0 Å². The molecule has 1 aromatic heterocycles. The van der Waals surface area contributed by atoms with Gasteiger partial charge in [-0.1, -0.05) is 12.1 Å². The van der Waals surface area contributed by atoms with Gasteiger partial charge in [-0.25, -0.2) is 4.68 Å². The van der Waals surface area contributed by atoms with Gasteiger partial charge < -0.3 is 5.32 Å². The number of aryl methyl sites for hydroxylation is 1. The average Bonchev–Trinajstić information content (AvgIpc) is 2.45. The Hall–Kier alpha value is -0.750. The maximum atomic E-state index is 12.2. The maximum Gasteiger partial charge on any atom is 0.203 e. The van der Waals surface area contributed by atoms with Gasteiger partial charge in [0.05, 0.1) is 5.54 Å². The number of halogens is 1. The number of hydrogen-bond acceptors (Lipinski definition) is 4. The van der Waals surface area contributed by atoms with Gasteiger partial charge in [0, 0.05) is 7.05 Å². The average molecular weight is 275 g/mol. The van der Waals surface area contributed by atoms with E-state index in [0.29, 0.717) is 10.3 Å². The summed E-state index contributed by atoms with van der Waals surface area (Å²) >= 11 is 3.22. The van der Waals surface area contributed by atoms with E-state index in [-0.39, 0.29) is 5.78 Å². The second-order valence-electron chi connectivity index (χ2n) is 3.84. The molecule has 0 bridgehead atoms. The minimum Gasteiger partial charge on any atom is -0.305 e. The summed E-state index contributed by atoms with van der Waals surface area (Å²) in [7, 11) is 1.70. The fourth-order valence-corrected chi connectivity index (χ4v) is 1.90. The lowest BCUT2D eigenvalue weighted by molar-refractivity contribution is 0.0873. The lowest BCUT2D eigenvalue weighted by Crippen LogP contribution is -2.47. The first kappa shape index (κ1) is 12.3. The number of likely N-dealkylation sites (N-methyl/N-ethyl adjacent to an activating group) is 1. The fourth-order valence-electron chi connectivity index (χ4n) is 1.39. The van der Waals surface area contributed by atoms with Gasteiger partial charge in [-0.15, -0.1) is 5.10 Å².